The molecule has 0 fully saturated rings. The minimum absolute atomic E-state index is 0.155. The molecule has 0 radical (unpaired) electrons. The number of aryl methyl sites for hydroxylation is 2. The molecule has 1 unspecified atom stereocenters. The Labute approximate surface area is 140 Å². The molecule has 0 saturated carbocycles. The van der Waals surface area contributed by atoms with Gasteiger partial charge >= 0.3 is 0 Å². The summed E-state index contributed by atoms with van der Waals surface area (Å²) in [5.74, 6) is 0. The van der Waals surface area contributed by atoms with Crippen molar-refractivity contribution in [3.63, 3.8) is 0 Å². The lowest BCUT2D eigenvalue weighted by Gasteiger charge is -2.18. The first-order valence-electron chi connectivity index (χ1n) is 5.87. The zero-order valence-electron chi connectivity index (χ0n) is 10.7. The Morgan fingerprint density at radius 1 is 1.11 bits per heavy atom. The average molecular weight is 451 g/mol. The topological polar surface area (TPSA) is 26.0 Å². The first-order valence-corrected chi connectivity index (χ1v) is 8.12. The van der Waals surface area contributed by atoms with Crippen molar-refractivity contribution in [2.24, 2.45) is 5.73 Å². The monoisotopic (exact) mass is 449 g/mol. The Hall–Kier alpha value is -0.100. The minimum atomic E-state index is -0.155. The third kappa shape index (κ3) is 3.32. The number of halogens is 3. The molecule has 0 aliphatic carbocycles. The Balaban J connectivity index is 2.52. The van der Waals surface area contributed by atoms with E-state index in [4.69, 9.17) is 17.3 Å². The molecule has 0 aliphatic heterocycles. The highest BCUT2D eigenvalue weighted by atomic mass is 127. The SMILES string of the molecule is Cc1cc(C(N)c2cc(Cl)ccc2I)c(C)cc1Br. The predicted octanol–water partition coefficient (Wildman–Crippen LogP) is 5.37. The van der Waals surface area contributed by atoms with Crippen LogP contribution in [0.3, 0.4) is 0 Å². The van der Waals surface area contributed by atoms with Crippen molar-refractivity contribution >= 4 is 50.1 Å². The van der Waals surface area contributed by atoms with Gasteiger partial charge in [0.1, 0.15) is 0 Å². The molecule has 4 heteroatoms. The highest BCUT2D eigenvalue weighted by Crippen LogP contribution is 2.31. The summed E-state index contributed by atoms with van der Waals surface area (Å²) in [4.78, 5) is 0. The molecule has 0 amide bonds. The molecule has 1 atom stereocenters. The van der Waals surface area contributed by atoms with Crippen LogP contribution in [0.15, 0.2) is 34.8 Å². The van der Waals surface area contributed by atoms with Gasteiger partial charge in [-0.2, -0.15) is 0 Å². The van der Waals surface area contributed by atoms with Crippen LogP contribution in [0.25, 0.3) is 0 Å². The van der Waals surface area contributed by atoms with E-state index in [9.17, 15) is 0 Å². The molecular formula is C15H14BrClIN. The van der Waals surface area contributed by atoms with E-state index in [2.05, 4.69) is 64.5 Å². The van der Waals surface area contributed by atoms with Crippen molar-refractivity contribution in [1.82, 2.24) is 0 Å². The van der Waals surface area contributed by atoms with Crippen molar-refractivity contribution in [1.29, 1.82) is 0 Å². The molecule has 0 heterocycles. The largest absolute Gasteiger partial charge is 0.320 e. The van der Waals surface area contributed by atoms with Gasteiger partial charge in [0.15, 0.2) is 0 Å². The maximum absolute atomic E-state index is 6.43. The fraction of sp³-hybridized carbons (Fsp3) is 0.200. The zero-order valence-corrected chi connectivity index (χ0v) is 15.2. The molecule has 2 aromatic carbocycles. The molecule has 0 spiro atoms. The maximum Gasteiger partial charge on any atom is 0.0565 e. The van der Waals surface area contributed by atoms with Crippen molar-refractivity contribution < 1.29 is 0 Å². The molecule has 100 valence electrons. The predicted molar refractivity (Wildman–Crippen MR) is 93.8 cm³/mol. The Bertz CT molecular complexity index is 628. The molecule has 0 saturated heterocycles. The fourth-order valence-corrected chi connectivity index (χ4v) is 3.37. The summed E-state index contributed by atoms with van der Waals surface area (Å²) in [5.41, 5.74) is 11.0. The molecule has 0 bridgehead atoms. The van der Waals surface area contributed by atoms with Crippen LogP contribution in [-0.4, -0.2) is 0 Å². The lowest BCUT2D eigenvalue weighted by molar-refractivity contribution is 0.853. The second-order valence-corrected chi connectivity index (χ2v) is 7.05. The van der Waals surface area contributed by atoms with Crippen LogP contribution in [0, 0.1) is 17.4 Å². The minimum Gasteiger partial charge on any atom is -0.320 e. The van der Waals surface area contributed by atoms with Crippen molar-refractivity contribution in [3.8, 4) is 0 Å². The third-order valence-corrected chi connectivity index (χ3v) is 5.25. The Morgan fingerprint density at radius 3 is 2.47 bits per heavy atom. The highest BCUT2D eigenvalue weighted by molar-refractivity contribution is 14.1. The van der Waals surface area contributed by atoms with Gasteiger partial charge < -0.3 is 5.73 Å². The third-order valence-electron chi connectivity index (χ3n) is 3.18. The maximum atomic E-state index is 6.43. The van der Waals surface area contributed by atoms with E-state index < -0.39 is 0 Å². The highest BCUT2D eigenvalue weighted by Gasteiger charge is 2.16. The van der Waals surface area contributed by atoms with Crippen LogP contribution in [-0.2, 0) is 0 Å². The van der Waals surface area contributed by atoms with E-state index in [-0.39, 0.29) is 6.04 Å². The van der Waals surface area contributed by atoms with Crippen LogP contribution in [0.1, 0.15) is 28.3 Å². The van der Waals surface area contributed by atoms with Gasteiger partial charge in [0.2, 0.25) is 0 Å². The van der Waals surface area contributed by atoms with Crippen molar-refractivity contribution in [2.45, 2.75) is 19.9 Å². The lowest BCUT2D eigenvalue weighted by Crippen LogP contribution is -2.15. The summed E-state index contributed by atoms with van der Waals surface area (Å²) in [6, 6.07) is 9.93. The van der Waals surface area contributed by atoms with E-state index in [1.807, 2.05) is 18.2 Å². The summed E-state index contributed by atoms with van der Waals surface area (Å²) < 4.78 is 2.25. The summed E-state index contributed by atoms with van der Waals surface area (Å²) >= 11 is 11.9. The smallest absolute Gasteiger partial charge is 0.0565 e. The molecule has 2 N–H and O–H groups in total. The second kappa shape index (κ2) is 6.12. The summed E-state index contributed by atoms with van der Waals surface area (Å²) in [6.07, 6.45) is 0. The van der Waals surface area contributed by atoms with Gasteiger partial charge in [0.05, 0.1) is 6.04 Å². The number of rotatable bonds is 2. The van der Waals surface area contributed by atoms with Gasteiger partial charge in [-0.15, -0.1) is 0 Å². The molecule has 19 heavy (non-hydrogen) atoms. The molecule has 0 aromatic heterocycles. The molecular weight excluding hydrogens is 436 g/mol. The first kappa shape index (κ1) is 15.3. The van der Waals surface area contributed by atoms with Gasteiger partial charge in [0.25, 0.3) is 0 Å². The quantitative estimate of drug-likeness (QED) is 0.612. The van der Waals surface area contributed by atoms with Crippen LogP contribution in [0.4, 0.5) is 0 Å². The fourth-order valence-electron chi connectivity index (χ4n) is 2.06. The van der Waals surface area contributed by atoms with E-state index in [0.717, 1.165) is 24.2 Å². The first-order chi connectivity index (χ1) is 8.90. The van der Waals surface area contributed by atoms with Gasteiger partial charge in [-0.1, -0.05) is 33.6 Å². The van der Waals surface area contributed by atoms with Gasteiger partial charge in [0, 0.05) is 13.1 Å². The molecule has 0 aliphatic rings. The zero-order chi connectivity index (χ0) is 14.2. The summed E-state index contributed by atoms with van der Waals surface area (Å²) in [5, 5.41) is 0.720. The molecule has 1 nitrogen and oxygen atoms in total. The van der Waals surface area contributed by atoms with E-state index in [1.54, 1.807) is 0 Å². The van der Waals surface area contributed by atoms with E-state index in [1.165, 1.54) is 11.1 Å². The number of hydrogen-bond donors (Lipinski definition) is 1. The van der Waals surface area contributed by atoms with Crippen LogP contribution in [0.5, 0.6) is 0 Å². The molecule has 2 aromatic rings. The average Bonchev–Trinajstić information content (AvgIpc) is 2.36. The number of hydrogen-bond acceptors (Lipinski definition) is 1. The summed E-state index contributed by atoms with van der Waals surface area (Å²) in [7, 11) is 0. The van der Waals surface area contributed by atoms with Crippen LogP contribution >= 0.6 is 50.1 Å². The van der Waals surface area contributed by atoms with Crippen LogP contribution in [0.2, 0.25) is 5.02 Å². The Morgan fingerprint density at radius 2 is 1.79 bits per heavy atom. The van der Waals surface area contributed by atoms with Gasteiger partial charge in [-0.3, -0.25) is 0 Å². The van der Waals surface area contributed by atoms with Crippen LogP contribution < -0.4 is 5.73 Å². The number of nitrogens with two attached hydrogens (primary N) is 1. The normalized spacial score (nSPS) is 12.5. The summed E-state index contributed by atoms with van der Waals surface area (Å²) in [6.45, 7) is 4.15. The second-order valence-electron chi connectivity index (χ2n) is 4.60. The Kier molecular flexibility index (Phi) is 4.93. The molecule has 2 rings (SSSR count). The lowest BCUT2D eigenvalue weighted by atomic mass is 9.94. The number of benzene rings is 2. The van der Waals surface area contributed by atoms with Crippen molar-refractivity contribution in [3.05, 3.63) is 65.7 Å². The standard InChI is InChI=1S/C15H14BrClIN/c1-8-6-13(16)9(2)5-11(8)15(19)12-7-10(17)3-4-14(12)18/h3-7,15H,19H2,1-2H3. The van der Waals surface area contributed by atoms with Crippen molar-refractivity contribution in [2.75, 3.05) is 0 Å². The van der Waals surface area contributed by atoms with Gasteiger partial charge in [-0.25, -0.2) is 0 Å². The van der Waals surface area contributed by atoms with E-state index in [0.29, 0.717) is 0 Å². The van der Waals surface area contributed by atoms with E-state index >= 15 is 0 Å². The van der Waals surface area contributed by atoms with Gasteiger partial charge in [-0.05, 0) is 83.0 Å².